The van der Waals surface area contributed by atoms with Crippen LogP contribution >= 0.6 is 0 Å². The Bertz CT molecular complexity index is 1250. The van der Waals surface area contributed by atoms with Crippen molar-refractivity contribution in [2.24, 2.45) is 11.8 Å². The molecule has 1 aromatic heterocycles. The molecule has 2 amide bonds. The Morgan fingerprint density at radius 3 is 2.64 bits per heavy atom. The van der Waals surface area contributed by atoms with E-state index in [1.54, 1.807) is 38.2 Å². The summed E-state index contributed by atoms with van der Waals surface area (Å²) in [6.07, 6.45) is 1.09. The van der Waals surface area contributed by atoms with Gasteiger partial charge in [-0.2, -0.15) is 0 Å². The number of cyclic esters (lactones) is 1. The molecule has 0 aliphatic carbocycles. The first-order valence-corrected chi connectivity index (χ1v) is 13.6. The third kappa shape index (κ3) is 9.69. The third-order valence-electron chi connectivity index (χ3n) is 6.61. The van der Waals surface area contributed by atoms with Crippen LogP contribution in [-0.4, -0.2) is 70.5 Å². The molecule has 2 aliphatic rings. The number of ether oxygens (including phenoxy) is 2. The number of fused-ring (bicyclic) bond motifs is 3. The molecule has 2 N–H and O–H groups in total. The second-order valence-electron chi connectivity index (χ2n) is 10.5. The molecule has 1 unspecified atom stereocenters. The molecule has 1 aromatic rings. The van der Waals surface area contributed by atoms with Gasteiger partial charge in [0.05, 0.1) is 18.6 Å². The lowest BCUT2D eigenvalue weighted by atomic mass is 9.94. The average Bonchev–Trinajstić information content (AvgIpc) is 3.56. The maximum Gasteiger partial charge on any atom is 0.522 e. The molecule has 3 rings (SSSR count). The monoisotopic (exact) mass is 595 g/mol. The highest BCUT2D eigenvalue weighted by atomic mass is 19.4. The van der Waals surface area contributed by atoms with Crippen LogP contribution in [0.1, 0.15) is 56.9 Å². The van der Waals surface area contributed by atoms with Gasteiger partial charge in [-0.15, -0.1) is 13.2 Å². The van der Waals surface area contributed by atoms with Gasteiger partial charge < -0.3 is 24.5 Å². The third-order valence-corrected chi connectivity index (χ3v) is 6.61. The van der Waals surface area contributed by atoms with Crippen LogP contribution in [0, 0.1) is 11.8 Å². The van der Waals surface area contributed by atoms with Gasteiger partial charge in [0.2, 0.25) is 5.91 Å². The molecule has 4 atom stereocenters. The number of halogens is 3. The summed E-state index contributed by atoms with van der Waals surface area (Å²) in [5.41, 5.74) is 0.349. The number of nitrogens with one attached hydrogen (secondary N) is 1. The Morgan fingerprint density at radius 2 is 1.95 bits per heavy atom. The summed E-state index contributed by atoms with van der Waals surface area (Å²) in [6.45, 7) is 7.51. The molecule has 0 fully saturated rings. The van der Waals surface area contributed by atoms with Crippen molar-refractivity contribution in [3.05, 3.63) is 65.6 Å². The number of alkyl halides is 3. The normalized spacial score (nSPS) is 26.3. The Kier molecular flexibility index (Phi) is 11.3. The Balaban J connectivity index is 1.92. The van der Waals surface area contributed by atoms with E-state index in [2.05, 4.69) is 15.0 Å². The molecular formula is C29H36F3N3O7. The molecule has 0 aromatic carbocycles. The van der Waals surface area contributed by atoms with E-state index in [4.69, 9.17) is 9.15 Å². The Labute approximate surface area is 241 Å². The topological polar surface area (TPSA) is 131 Å². The van der Waals surface area contributed by atoms with E-state index in [9.17, 15) is 32.7 Å². The van der Waals surface area contributed by atoms with Crippen molar-refractivity contribution in [2.75, 3.05) is 13.1 Å². The summed E-state index contributed by atoms with van der Waals surface area (Å²) < 4.78 is 54.6. The van der Waals surface area contributed by atoms with Crippen LogP contribution in [0.2, 0.25) is 0 Å². The number of rotatable bonds is 2. The molecule has 0 spiro atoms. The number of aliphatic hydroxyl groups excluding tert-OH is 1. The maximum absolute atomic E-state index is 13.2. The van der Waals surface area contributed by atoms with E-state index in [1.165, 1.54) is 17.1 Å². The number of allylic oxidation sites excluding steroid dienone is 2. The van der Waals surface area contributed by atoms with Gasteiger partial charge in [0.1, 0.15) is 18.1 Å². The molecule has 0 saturated carbocycles. The molecule has 2 aliphatic heterocycles. The van der Waals surface area contributed by atoms with Gasteiger partial charge in [-0.3, -0.25) is 14.3 Å². The zero-order valence-corrected chi connectivity index (χ0v) is 23.9. The smallest absolute Gasteiger partial charge is 0.457 e. The zero-order valence-electron chi connectivity index (χ0n) is 23.9. The lowest BCUT2D eigenvalue weighted by Gasteiger charge is -2.27. The summed E-state index contributed by atoms with van der Waals surface area (Å²) in [5, 5.41) is 13.1. The lowest BCUT2D eigenvalue weighted by molar-refractivity contribution is -0.344. The number of aromatic nitrogens is 1. The molecule has 3 heterocycles. The first kappa shape index (κ1) is 32.8. The van der Waals surface area contributed by atoms with Crippen molar-refractivity contribution < 1.29 is 46.6 Å². The average molecular weight is 596 g/mol. The van der Waals surface area contributed by atoms with Crippen molar-refractivity contribution in [3.63, 3.8) is 0 Å². The highest BCUT2D eigenvalue weighted by Crippen LogP contribution is 2.26. The number of carbonyl (C=O) groups excluding carboxylic acids is 3. The summed E-state index contributed by atoms with van der Waals surface area (Å²) >= 11 is 0. The van der Waals surface area contributed by atoms with Gasteiger partial charge in [0, 0.05) is 25.4 Å². The molecule has 13 heteroatoms. The number of esters is 1. The molecule has 10 nitrogen and oxygen atoms in total. The number of carbonyl (C=O) groups is 3. The van der Waals surface area contributed by atoms with Gasteiger partial charge in [-0.05, 0) is 25.3 Å². The standard InChI is InChI=1S/C29H36F3N3O7/c1-17(2)26-19(4)9-10-24(37)33-11-5-7-18(3)13-20(36)14-21(42-29(30,31)32)15-25-34-22(16-40-25)27(38)35-12-6-8-23(35)28(39)41-26/h5,7-10,13,16-17,19-21,26,36H,6,11-12,14-15H2,1-4H3,(H,33,37)/b7-5?,10-9+,18-13?/t19-,20-,21-,26?/m1/s1. The molecule has 0 saturated heterocycles. The predicted octanol–water partition coefficient (Wildman–Crippen LogP) is 4.00. The first-order valence-electron chi connectivity index (χ1n) is 13.6. The van der Waals surface area contributed by atoms with E-state index in [0.29, 0.717) is 12.0 Å². The minimum absolute atomic E-state index is 0.0119. The van der Waals surface area contributed by atoms with Crippen molar-refractivity contribution in [2.45, 2.75) is 71.6 Å². The van der Waals surface area contributed by atoms with Crippen molar-refractivity contribution in [3.8, 4) is 0 Å². The molecule has 2 bridgehead atoms. The molecule has 0 radical (unpaired) electrons. The number of amides is 2. The highest BCUT2D eigenvalue weighted by Gasteiger charge is 2.36. The summed E-state index contributed by atoms with van der Waals surface area (Å²) in [6, 6.07) is 0. The van der Waals surface area contributed by atoms with Gasteiger partial charge >= 0.3 is 12.3 Å². The number of oxazole rings is 1. The summed E-state index contributed by atoms with van der Waals surface area (Å²) in [7, 11) is 0. The largest absolute Gasteiger partial charge is 0.522 e. The Hall–Kier alpha value is -3.71. The zero-order chi connectivity index (χ0) is 31.0. The molecule has 42 heavy (non-hydrogen) atoms. The predicted molar refractivity (Wildman–Crippen MR) is 144 cm³/mol. The minimum Gasteiger partial charge on any atom is -0.457 e. The molecule has 230 valence electrons. The van der Waals surface area contributed by atoms with Crippen molar-refractivity contribution in [1.29, 1.82) is 0 Å². The van der Waals surface area contributed by atoms with Crippen LogP contribution in [0.25, 0.3) is 0 Å². The summed E-state index contributed by atoms with van der Waals surface area (Å²) in [4.78, 5) is 43.9. The summed E-state index contributed by atoms with van der Waals surface area (Å²) in [5.74, 6) is -2.45. The minimum atomic E-state index is -4.99. The fourth-order valence-corrected chi connectivity index (χ4v) is 4.71. The van der Waals surface area contributed by atoms with E-state index in [-0.39, 0.29) is 48.1 Å². The second kappa shape index (κ2) is 14.5. The van der Waals surface area contributed by atoms with Crippen LogP contribution in [-0.2, 0) is 25.5 Å². The Morgan fingerprint density at radius 1 is 1.21 bits per heavy atom. The van der Waals surface area contributed by atoms with E-state index < -0.39 is 49.4 Å². The number of hydrogen-bond acceptors (Lipinski definition) is 8. The quantitative estimate of drug-likeness (QED) is 0.491. The van der Waals surface area contributed by atoms with Crippen LogP contribution < -0.4 is 5.32 Å². The van der Waals surface area contributed by atoms with Gasteiger partial charge in [-0.1, -0.05) is 56.7 Å². The van der Waals surface area contributed by atoms with E-state index in [0.717, 1.165) is 6.26 Å². The first-order chi connectivity index (χ1) is 19.7. The van der Waals surface area contributed by atoms with Gasteiger partial charge in [0.25, 0.3) is 5.91 Å². The van der Waals surface area contributed by atoms with Crippen LogP contribution in [0.15, 0.2) is 58.4 Å². The highest BCUT2D eigenvalue weighted by molar-refractivity contribution is 6.00. The fourth-order valence-electron chi connectivity index (χ4n) is 4.71. The van der Waals surface area contributed by atoms with Crippen molar-refractivity contribution >= 4 is 17.8 Å². The SMILES string of the molecule is CC1=C[C@@H](O)C[C@@H](OC(F)(F)F)Cc2nc(co2)C(=O)N2CCC=C2C(=O)OC(C(C)C)[C@H](C)/C=C/C(=O)NCC=C1. The fraction of sp³-hybridized carbons (Fsp3) is 0.517. The van der Waals surface area contributed by atoms with Crippen LogP contribution in [0.5, 0.6) is 0 Å². The molecular weight excluding hydrogens is 559 g/mol. The maximum atomic E-state index is 13.2. The van der Waals surface area contributed by atoms with Crippen LogP contribution in [0.3, 0.4) is 0 Å². The van der Waals surface area contributed by atoms with Gasteiger partial charge in [-0.25, -0.2) is 9.78 Å². The second-order valence-corrected chi connectivity index (χ2v) is 10.5. The number of nitrogens with zero attached hydrogens (tertiary/aromatic N) is 2. The van der Waals surface area contributed by atoms with Gasteiger partial charge in [0.15, 0.2) is 11.6 Å². The number of aliphatic hydroxyl groups is 1. The van der Waals surface area contributed by atoms with Crippen LogP contribution in [0.4, 0.5) is 13.2 Å². The van der Waals surface area contributed by atoms with E-state index >= 15 is 0 Å². The lowest BCUT2D eigenvalue weighted by Crippen LogP contribution is -2.36. The number of hydrogen-bond donors (Lipinski definition) is 2. The van der Waals surface area contributed by atoms with E-state index in [1.807, 2.05) is 13.8 Å². The van der Waals surface area contributed by atoms with Crippen molar-refractivity contribution in [1.82, 2.24) is 15.2 Å².